The van der Waals surface area contributed by atoms with E-state index in [1.807, 2.05) is 19.1 Å². The van der Waals surface area contributed by atoms with Crippen LogP contribution < -0.4 is 9.47 Å². The largest absolute Gasteiger partial charge is 0.497 e. The maximum Gasteiger partial charge on any atom is 0.233 e. The van der Waals surface area contributed by atoms with E-state index >= 15 is 0 Å². The third kappa shape index (κ3) is 2.77. The first-order chi connectivity index (χ1) is 12.1. The lowest BCUT2D eigenvalue weighted by Crippen LogP contribution is -1.93. The van der Waals surface area contributed by atoms with Crippen LogP contribution in [0.4, 0.5) is 0 Å². The summed E-state index contributed by atoms with van der Waals surface area (Å²) in [7, 11) is 3.20. The number of methoxy groups -OCH3 is 2. The Labute approximate surface area is 153 Å². The number of benzene rings is 2. The van der Waals surface area contributed by atoms with Gasteiger partial charge in [0.15, 0.2) is 0 Å². The number of fused-ring (bicyclic) bond motifs is 2. The highest BCUT2D eigenvalue weighted by atomic mass is 35.5. The molecule has 2 heterocycles. The van der Waals surface area contributed by atoms with Gasteiger partial charge >= 0.3 is 0 Å². The maximum absolute atomic E-state index is 6.35. The highest BCUT2D eigenvalue weighted by Gasteiger charge is 2.15. The molecule has 0 saturated carbocycles. The third-order valence-electron chi connectivity index (χ3n) is 3.91. The Morgan fingerprint density at radius 3 is 2.56 bits per heavy atom. The van der Waals surface area contributed by atoms with Gasteiger partial charge in [0.25, 0.3) is 0 Å². The minimum Gasteiger partial charge on any atom is -0.497 e. The quantitative estimate of drug-likeness (QED) is 0.513. The lowest BCUT2D eigenvalue weighted by atomic mass is 10.1. The Bertz CT molecular complexity index is 1110. The second-order valence-electron chi connectivity index (χ2n) is 5.61. The van der Waals surface area contributed by atoms with Crippen molar-refractivity contribution < 1.29 is 9.47 Å². The topological polar surface area (TPSA) is 57.1 Å². The van der Waals surface area contributed by atoms with E-state index in [0.717, 1.165) is 37.3 Å². The van der Waals surface area contributed by atoms with Gasteiger partial charge in [-0.1, -0.05) is 11.6 Å². The van der Waals surface area contributed by atoms with Gasteiger partial charge < -0.3 is 9.47 Å². The van der Waals surface area contributed by atoms with Gasteiger partial charge in [-0.2, -0.15) is 0 Å². The van der Waals surface area contributed by atoms with Crippen molar-refractivity contribution in [2.75, 3.05) is 14.2 Å². The summed E-state index contributed by atoms with van der Waals surface area (Å²) in [6.45, 7) is 2.04. The number of aromatic nitrogens is 3. The molecule has 0 spiro atoms. The van der Waals surface area contributed by atoms with Crippen LogP contribution in [0.2, 0.25) is 5.02 Å². The summed E-state index contributed by atoms with van der Waals surface area (Å²) in [6.07, 6.45) is 0. The third-order valence-corrected chi connectivity index (χ3v) is 5.23. The Morgan fingerprint density at radius 1 is 0.960 bits per heavy atom. The van der Waals surface area contributed by atoms with Crippen LogP contribution in [0.25, 0.3) is 31.7 Å². The Kier molecular flexibility index (Phi) is 3.94. The fourth-order valence-corrected chi connectivity index (χ4v) is 4.10. The van der Waals surface area contributed by atoms with Crippen molar-refractivity contribution in [2.24, 2.45) is 0 Å². The molecule has 5 nitrogen and oxygen atoms in total. The first-order valence-corrected chi connectivity index (χ1v) is 8.75. The lowest BCUT2D eigenvalue weighted by molar-refractivity contribution is 0.393. The number of halogens is 1. The smallest absolute Gasteiger partial charge is 0.233 e. The summed E-state index contributed by atoms with van der Waals surface area (Å²) in [5.41, 5.74) is 3.59. The predicted octanol–water partition coefficient (Wildman–Crippen LogP) is 4.89. The Hall–Kier alpha value is -2.44. The summed E-state index contributed by atoms with van der Waals surface area (Å²) in [6, 6.07) is 9.70. The standard InChI is InChI=1S/C18H14ClN3O2S/c1-9-4-10-6-15(24-3)21-22-16(10)12(5-9)18-20-17-13(19)7-11(23-2)8-14(17)25-18/h4-8H,1-3H3. The van der Waals surface area contributed by atoms with Crippen molar-refractivity contribution in [3.8, 4) is 22.2 Å². The molecule has 126 valence electrons. The fourth-order valence-electron chi connectivity index (χ4n) is 2.75. The van der Waals surface area contributed by atoms with Gasteiger partial charge in [-0.3, -0.25) is 0 Å². The number of nitrogens with zero attached hydrogens (tertiary/aromatic N) is 3. The van der Waals surface area contributed by atoms with Crippen LogP contribution in [0.15, 0.2) is 30.3 Å². The van der Waals surface area contributed by atoms with E-state index in [1.165, 1.54) is 0 Å². The highest BCUT2D eigenvalue weighted by molar-refractivity contribution is 7.21. The van der Waals surface area contributed by atoms with Crippen molar-refractivity contribution in [2.45, 2.75) is 6.92 Å². The molecule has 0 unspecified atom stereocenters. The van der Waals surface area contributed by atoms with Crippen LogP contribution in [-0.2, 0) is 0 Å². The molecule has 0 radical (unpaired) electrons. The monoisotopic (exact) mass is 371 g/mol. The van der Waals surface area contributed by atoms with E-state index in [0.29, 0.717) is 16.7 Å². The van der Waals surface area contributed by atoms with Gasteiger partial charge in [0.2, 0.25) is 5.88 Å². The van der Waals surface area contributed by atoms with Crippen molar-refractivity contribution in [3.05, 3.63) is 40.9 Å². The van der Waals surface area contributed by atoms with Crippen LogP contribution in [-0.4, -0.2) is 29.4 Å². The first kappa shape index (κ1) is 16.1. The molecule has 0 bridgehead atoms. The minimum absolute atomic E-state index is 0.487. The van der Waals surface area contributed by atoms with Crippen LogP contribution in [0, 0.1) is 6.92 Å². The highest BCUT2D eigenvalue weighted by Crippen LogP contribution is 2.38. The fraction of sp³-hybridized carbons (Fsp3) is 0.167. The molecular formula is C18H14ClN3O2S. The molecule has 0 aliphatic rings. The average Bonchev–Trinajstić information content (AvgIpc) is 3.04. The predicted molar refractivity (Wildman–Crippen MR) is 101 cm³/mol. The van der Waals surface area contributed by atoms with Gasteiger partial charge in [0.1, 0.15) is 21.8 Å². The molecule has 4 aromatic rings. The molecule has 0 fully saturated rings. The van der Waals surface area contributed by atoms with E-state index in [9.17, 15) is 0 Å². The summed E-state index contributed by atoms with van der Waals surface area (Å²) < 4.78 is 11.4. The molecule has 0 aliphatic heterocycles. The van der Waals surface area contributed by atoms with Crippen molar-refractivity contribution in [3.63, 3.8) is 0 Å². The summed E-state index contributed by atoms with van der Waals surface area (Å²) in [5.74, 6) is 1.20. The number of hydrogen-bond acceptors (Lipinski definition) is 6. The van der Waals surface area contributed by atoms with E-state index in [4.69, 9.17) is 26.1 Å². The Balaban J connectivity index is 1.97. The van der Waals surface area contributed by atoms with E-state index in [1.54, 1.807) is 31.6 Å². The van der Waals surface area contributed by atoms with Crippen LogP contribution in [0.1, 0.15) is 5.56 Å². The number of thiazole rings is 1. The Morgan fingerprint density at radius 2 is 1.80 bits per heavy atom. The lowest BCUT2D eigenvalue weighted by Gasteiger charge is -2.06. The average molecular weight is 372 g/mol. The molecule has 2 aromatic carbocycles. The maximum atomic E-state index is 6.35. The van der Waals surface area contributed by atoms with Gasteiger partial charge in [-0.05, 0) is 30.7 Å². The molecule has 0 atom stereocenters. The summed E-state index contributed by atoms with van der Waals surface area (Å²) in [4.78, 5) is 4.72. The number of rotatable bonds is 3. The molecular weight excluding hydrogens is 358 g/mol. The van der Waals surface area contributed by atoms with Crippen LogP contribution >= 0.6 is 22.9 Å². The molecule has 0 N–H and O–H groups in total. The summed E-state index contributed by atoms with van der Waals surface area (Å²) >= 11 is 7.90. The van der Waals surface area contributed by atoms with Gasteiger partial charge in [0, 0.05) is 23.1 Å². The molecule has 0 saturated heterocycles. The molecule has 4 rings (SSSR count). The van der Waals surface area contributed by atoms with Gasteiger partial charge in [-0.25, -0.2) is 4.98 Å². The van der Waals surface area contributed by atoms with Crippen LogP contribution in [0.3, 0.4) is 0 Å². The van der Waals surface area contributed by atoms with E-state index in [-0.39, 0.29) is 0 Å². The van der Waals surface area contributed by atoms with E-state index < -0.39 is 0 Å². The first-order valence-electron chi connectivity index (χ1n) is 7.55. The molecule has 0 aliphatic carbocycles. The van der Waals surface area contributed by atoms with Crippen molar-refractivity contribution in [1.82, 2.24) is 15.2 Å². The van der Waals surface area contributed by atoms with Gasteiger partial charge in [-0.15, -0.1) is 21.5 Å². The number of aryl methyl sites for hydroxylation is 1. The number of ether oxygens (including phenoxy) is 2. The van der Waals surface area contributed by atoms with Crippen molar-refractivity contribution in [1.29, 1.82) is 0 Å². The van der Waals surface area contributed by atoms with Crippen LogP contribution in [0.5, 0.6) is 11.6 Å². The molecule has 7 heteroatoms. The normalized spacial score (nSPS) is 11.2. The second-order valence-corrected chi connectivity index (χ2v) is 7.05. The zero-order valence-corrected chi connectivity index (χ0v) is 15.4. The minimum atomic E-state index is 0.487. The zero-order chi connectivity index (χ0) is 17.6. The van der Waals surface area contributed by atoms with Crippen molar-refractivity contribution >= 4 is 44.1 Å². The van der Waals surface area contributed by atoms with E-state index in [2.05, 4.69) is 22.3 Å². The second kappa shape index (κ2) is 6.13. The number of hydrogen-bond donors (Lipinski definition) is 0. The zero-order valence-electron chi connectivity index (χ0n) is 13.8. The van der Waals surface area contributed by atoms with Gasteiger partial charge in [0.05, 0.1) is 23.9 Å². The molecule has 25 heavy (non-hydrogen) atoms. The molecule has 0 amide bonds. The summed E-state index contributed by atoms with van der Waals surface area (Å²) in [5, 5.41) is 10.8. The molecule has 2 aromatic heterocycles. The SMILES string of the molecule is COc1cc(Cl)c2nc(-c3cc(C)cc4cc(OC)nnc34)sc2c1.